The summed E-state index contributed by atoms with van der Waals surface area (Å²) in [6.45, 7) is 7.51. The van der Waals surface area contributed by atoms with Crippen LogP contribution in [0, 0.1) is 0 Å². The van der Waals surface area contributed by atoms with Gasteiger partial charge in [-0.1, -0.05) is 0 Å². The highest BCUT2D eigenvalue weighted by Crippen LogP contribution is 2.21. The number of aliphatic hydroxyl groups is 1. The first-order chi connectivity index (χ1) is 8.20. The lowest BCUT2D eigenvalue weighted by molar-refractivity contribution is -0.128. The maximum atomic E-state index is 12.0. The Balaban J connectivity index is 2.76. The van der Waals surface area contributed by atoms with Crippen LogP contribution in [0.2, 0.25) is 0 Å². The summed E-state index contributed by atoms with van der Waals surface area (Å²) >= 11 is 0. The quantitative estimate of drug-likeness (QED) is 0.818. The third-order valence-electron chi connectivity index (χ3n) is 2.76. The van der Waals surface area contributed by atoms with E-state index in [0.717, 1.165) is 0 Å². The molecule has 0 aromatic heterocycles. The molecule has 0 bridgehead atoms. The minimum atomic E-state index is -0.609. The number of Topliss-reactive ketones (excluding diaryl/α,β-unsaturated/α-hetero) is 1. The van der Waals surface area contributed by atoms with E-state index in [1.165, 1.54) is 4.90 Å². The van der Waals surface area contributed by atoms with Gasteiger partial charge in [0.25, 0.3) is 0 Å². The second-order valence-corrected chi connectivity index (χ2v) is 5.84. The Morgan fingerprint density at radius 2 is 2.17 bits per heavy atom. The van der Waals surface area contributed by atoms with Gasteiger partial charge in [0, 0.05) is 19.4 Å². The lowest BCUT2D eigenvalue weighted by Crippen LogP contribution is -2.51. The molecule has 18 heavy (non-hydrogen) atoms. The van der Waals surface area contributed by atoms with Crippen molar-refractivity contribution < 1.29 is 19.4 Å². The van der Waals surface area contributed by atoms with Crippen LogP contribution < -0.4 is 0 Å². The van der Waals surface area contributed by atoms with Gasteiger partial charge in [-0.3, -0.25) is 9.69 Å². The number of piperidine rings is 1. The molecule has 0 radical (unpaired) electrons. The average molecular weight is 257 g/mol. The number of nitrogens with zero attached hydrogens (tertiary/aromatic N) is 1. The molecule has 1 N–H and O–H groups in total. The van der Waals surface area contributed by atoms with Crippen molar-refractivity contribution >= 4 is 11.9 Å². The third kappa shape index (κ3) is 4.29. The predicted octanol–water partition coefficient (Wildman–Crippen LogP) is 1.73. The highest BCUT2D eigenvalue weighted by molar-refractivity contribution is 5.88. The van der Waals surface area contributed by atoms with E-state index >= 15 is 0 Å². The fourth-order valence-corrected chi connectivity index (χ4v) is 2.04. The molecular formula is C13H23NO4. The molecular weight excluding hydrogens is 234 g/mol. The first kappa shape index (κ1) is 15.0. The van der Waals surface area contributed by atoms with Gasteiger partial charge in [0.2, 0.25) is 0 Å². The van der Waals surface area contributed by atoms with E-state index < -0.39 is 23.8 Å². The van der Waals surface area contributed by atoms with E-state index in [-0.39, 0.29) is 12.2 Å². The Morgan fingerprint density at radius 1 is 1.56 bits per heavy atom. The van der Waals surface area contributed by atoms with Crippen LogP contribution in [0.5, 0.6) is 0 Å². The Kier molecular flexibility index (Phi) is 4.73. The van der Waals surface area contributed by atoms with E-state index in [9.17, 15) is 14.7 Å². The minimum absolute atomic E-state index is 0.00742. The molecule has 2 unspecified atom stereocenters. The summed E-state index contributed by atoms with van der Waals surface area (Å²) in [5, 5.41) is 9.42. The van der Waals surface area contributed by atoms with E-state index in [1.807, 2.05) is 0 Å². The molecule has 1 amide bonds. The summed E-state index contributed by atoms with van der Waals surface area (Å²) in [6.07, 6.45) is 0.326. The number of likely N-dealkylation sites (tertiary alicyclic amines) is 1. The number of rotatable bonds is 2. The van der Waals surface area contributed by atoms with Gasteiger partial charge in [0.15, 0.2) is 5.78 Å². The summed E-state index contributed by atoms with van der Waals surface area (Å²) in [5.74, 6) is 0.00742. The largest absolute Gasteiger partial charge is 0.444 e. The molecule has 2 atom stereocenters. The van der Waals surface area contributed by atoms with E-state index in [1.54, 1.807) is 27.7 Å². The average Bonchev–Trinajstić information content (AvgIpc) is 2.17. The van der Waals surface area contributed by atoms with Gasteiger partial charge in [-0.15, -0.1) is 0 Å². The van der Waals surface area contributed by atoms with Crippen molar-refractivity contribution in [1.82, 2.24) is 4.90 Å². The number of ketones is 1. The second-order valence-electron chi connectivity index (χ2n) is 5.84. The van der Waals surface area contributed by atoms with Gasteiger partial charge < -0.3 is 9.84 Å². The monoisotopic (exact) mass is 257 g/mol. The number of carbonyl (C=O) groups is 2. The SMILES string of the molecule is CC(O)CC1C(=O)CCCN1C(=O)OC(C)(C)C. The zero-order valence-electron chi connectivity index (χ0n) is 11.6. The van der Waals surface area contributed by atoms with Gasteiger partial charge in [0.05, 0.1) is 12.1 Å². The smallest absolute Gasteiger partial charge is 0.410 e. The molecule has 1 rings (SSSR count). The maximum Gasteiger partial charge on any atom is 0.410 e. The molecule has 104 valence electrons. The molecule has 1 aliphatic heterocycles. The summed E-state index contributed by atoms with van der Waals surface area (Å²) in [7, 11) is 0. The highest BCUT2D eigenvalue weighted by atomic mass is 16.6. The van der Waals surface area contributed by atoms with Crippen LogP contribution in [0.15, 0.2) is 0 Å². The van der Waals surface area contributed by atoms with Crippen molar-refractivity contribution in [3.05, 3.63) is 0 Å². The van der Waals surface area contributed by atoms with Crippen molar-refractivity contribution in [3.63, 3.8) is 0 Å². The van der Waals surface area contributed by atoms with Crippen molar-refractivity contribution in [1.29, 1.82) is 0 Å². The fraction of sp³-hybridized carbons (Fsp3) is 0.846. The molecule has 5 heteroatoms. The van der Waals surface area contributed by atoms with Crippen LogP contribution in [0.3, 0.4) is 0 Å². The van der Waals surface area contributed by atoms with Gasteiger partial charge in [-0.25, -0.2) is 4.79 Å². The van der Waals surface area contributed by atoms with E-state index in [2.05, 4.69) is 0 Å². The first-order valence-electron chi connectivity index (χ1n) is 6.41. The fourth-order valence-electron chi connectivity index (χ4n) is 2.04. The van der Waals surface area contributed by atoms with Crippen LogP contribution in [-0.2, 0) is 9.53 Å². The minimum Gasteiger partial charge on any atom is -0.444 e. The zero-order valence-corrected chi connectivity index (χ0v) is 11.6. The Morgan fingerprint density at radius 3 is 2.67 bits per heavy atom. The van der Waals surface area contributed by atoms with Gasteiger partial charge >= 0.3 is 6.09 Å². The third-order valence-corrected chi connectivity index (χ3v) is 2.76. The number of amides is 1. The Bertz CT molecular complexity index is 319. The highest BCUT2D eigenvalue weighted by Gasteiger charge is 2.35. The standard InChI is InChI=1S/C13H23NO4/c1-9(15)8-10-11(16)6-5-7-14(10)12(17)18-13(2,3)4/h9-10,15H,5-8H2,1-4H3. The van der Waals surface area contributed by atoms with Crippen molar-refractivity contribution in [2.24, 2.45) is 0 Å². The Hall–Kier alpha value is -1.10. The van der Waals surface area contributed by atoms with Gasteiger partial charge in [-0.05, 0) is 34.1 Å². The first-order valence-corrected chi connectivity index (χ1v) is 6.41. The maximum absolute atomic E-state index is 12.0. The number of hydrogen-bond donors (Lipinski definition) is 1. The van der Waals surface area contributed by atoms with Gasteiger partial charge in [0.1, 0.15) is 5.60 Å². The number of hydrogen-bond acceptors (Lipinski definition) is 4. The molecule has 0 saturated carbocycles. The summed E-state index contributed by atoms with van der Waals surface area (Å²) < 4.78 is 5.29. The van der Waals surface area contributed by atoms with Crippen LogP contribution >= 0.6 is 0 Å². The van der Waals surface area contributed by atoms with E-state index in [4.69, 9.17) is 4.74 Å². The molecule has 0 aromatic carbocycles. The van der Waals surface area contributed by atoms with Crippen molar-refractivity contribution in [3.8, 4) is 0 Å². The van der Waals surface area contributed by atoms with Crippen LogP contribution in [-0.4, -0.2) is 46.2 Å². The molecule has 1 heterocycles. The number of ether oxygens (including phenoxy) is 1. The topological polar surface area (TPSA) is 66.8 Å². The summed E-state index contributed by atoms with van der Waals surface area (Å²) in [4.78, 5) is 25.3. The Labute approximate surface area is 108 Å². The second kappa shape index (κ2) is 5.69. The van der Waals surface area contributed by atoms with Crippen LogP contribution in [0.25, 0.3) is 0 Å². The van der Waals surface area contributed by atoms with Crippen molar-refractivity contribution in [2.75, 3.05) is 6.54 Å². The molecule has 0 aromatic rings. The molecule has 0 spiro atoms. The lowest BCUT2D eigenvalue weighted by Gasteiger charge is -2.36. The normalized spacial score (nSPS) is 22.8. The molecule has 1 fully saturated rings. The van der Waals surface area contributed by atoms with Gasteiger partial charge in [-0.2, -0.15) is 0 Å². The zero-order chi connectivity index (χ0) is 13.9. The van der Waals surface area contributed by atoms with Crippen molar-refractivity contribution in [2.45, 2.75) is 64.7 Å². The van der Waals surface area contributed by atoms with E-state index in [0.29, 0.717) is 19.4 Å². The lowest BCUT2D eigenvalue weighted by atomic mass is 9.96. The molecule has 5 nitrogen and oxygen atoms in total. The van der Waals surface area contributed by atoms with Crippen LogP contribution in [0.4, 0.5) is 4.79 Å². The predicted molar refractivity (Wildman–Crippen MR) is 67.3 cm³/mol. The number of carbonyl (C=O) groups excluding carboxylic acids is 2. The molecule has 0 aliphatic carbocycles. The summed E-state index contributed by atoms with van der Waals surface area (Å²) in [6, 6.07) is -0.548. The number of aliphatic hydroxyl groups excluding tert-OH is 1. The summed E-state index contributed by atoms with van der Waals surface area (Å²) in [5.41, 5.74) is -0.576. The molecule has 1 saturated heterocycles. The van der Waals surface area contributed by atoms with Crippen LogP contribution in [0.1, 0.15) is 47.0 Å². The molecule has 1 aliphatic rings.